The van der Waals surface area contributed by atoms with Crippen LogP contribution in [0, 0.1) is 0 Å². The summed E-state index contributed by atoms with van der Waals surface area (Å²) < 4.78 is 4.45. The van der Waals surface area contributed by atoms with Gasteiger partial charge in [-0.25, -0.2) is 9.13 Å². The molecule has 2 heterocycles. The second kappa shape index (κ2) is 11.6. The average molecular weight is 473 g/mol. The molecule has 4 rings (SSSR count). The van der Waals surface area contributed by atoms with E-state index in [1.165, 1.54) is 11.1 Å². The Kier molecular flexibility index (Phi) is 8.08. The number of halogens is 2. The number of pyridine rings is 2. The van der Waals surface area contributed by atoms with Crippen LogP contribution >= 0.6 is 23.2 Å². The number of hydrogen-bond acceptors (Lipinski definition) is 0. The summed E-state index contributed by atoms with van der Waals surface area (Å²) in [5.41, 5.74) is 4.63. The van der Waals surface area contributed by atoms with Crippen molar-refractivity contribution in [3.63, 3.8) is 0 Å². The quantitative estimate of drug-likeness (QED) is 0.244. The molecule has 33 heavy (non-hydrogen) atoms. The van der Waals surface area contributed by atoms with Crippen LogP contribution in [0.3, 0.4) is 0 Å². The van der Waals surface area contributed by atoms with Crippen LogP contribution in [0.15, 0.2) is 97.6 Å². The van der Waals surface area contributed by atoms with Gasteiger partial charge in [0.1, 0.15) is 0 Å². The smallest absolute Gasteiger partial charge is 0.169 e. The first-order valence-corrected chi connectivity index (χ1v) is 11.8. The summed E-state index contributed by atoms with van der Waals surface area (Å²) in [7, 11) is 0. The van der Waals surface area contributed by atoms with Crippen molar-refractivity contribution >= 4 is 47.5 Å². The van der Waals surface area contributed by atoms with Gasteiger partial charge in [0.05, 0.1) is 6.42 Å². The minimum Gasteiger partial charge on any atom is -0.205 e. The summed E-state index contributed by atoms with van der Waals surface area (Å²) in [6.07, 6.45) is 18.0. The van der Waals surface area contributed by atoms with Crippen molar-refractivity contribution in [3.8, 4) is 0 Å². The minimum absolute atomic E-state index is 0.757. The van der Waals surface area contributed by atoms with Crippen molar-refractivity contribution in [3.05, 3.63) is 130 Å². The highest BCUT2D eigenvalue weighted by atomic mass is 35.5. The van der Waals surface area contributed by atoms with Gasteiger partial charge in [-0.15, -0.1) is 0 Å². The molecule has 0 fully saturated rings. The molecule has 0 unspecified atom stereocenters. The molecular weight excluding hydrogens is 447 g/mol. The first-order valence-electron chi connectivity index (χ1n) is 11.0. The summed E-state index contributed by atoms with van der Waals surface area (Å²) in [5, 5.41) is 1.51. The van der Waals surface area contributed by atoms with Gasteiger partial charge >= 0.3 is 0 Å². The topological polar surface area (TPSA) is 7.76 Å². The molecule has 0 N–H and O–H groups in total. The van der Waals surface area contributed by atoms with E-state index in [0.29, 0.717) is 0 Å². The zero-order valence-electron chi connectivity index (χ0n) is 18.3. The first-order chi connectivity index (χ1) is 16.1. The van der Waals surface area contributed by atoms with Crippen LogP contribution in [0.5, 0.6) is 0 Å². The van der Waals surface area contributed by atoms with Crippen LogP contribution in [-0.4, -0.2) is 0 Å². The Bertz CT molecular complexity index is 1110. The molecule has 2 aromatic carbocycles. The lowest BCUT2D eigenvalue weighted by Crippen LogP contribution is -2.38. The van der Waals surface area contributed by atoms with Crippen LogP contribution in [-0.2, 0) is 13.1 Å². The fourth-order valence-electron chi connectivity index (χ4n) is 3.43. The maximum absolute atomic E-state index is 5.94. The Hall–Kier alpha value is -3.20. The van der Waals surface area contributed by atoms with Crippen molar-refractivity contribution in [1.29, 1.82) is 0 Å². The Morgan fingerprint density at radius 3 is 1.09 bits per heavy atom. The third kappa shape index (κ3) is 7.42. The lowest BCUT2D eigenvalue weighted by atomic mass is 10.1. The maximum atomic E-state index is 5.94. The molecule has 0 bridgehead atoms. The van der Waals surface area contributed by atoms with E-state index in [2.05, 4.69) is 82.5 Å². The first kappa shape index (κ1) is 23.0. The zero-order valence-corrected chi connectivity index (χ0v) is 19.8. The molecule has 0 saturated heterocycles. The Morgan fingerprint density at radius 1 is 0.455 bits per heavy atom. The van der Waals surface area contributed by atoms with E-state index in [4.69, 9.17) is 23.2 Å². The monoisotopic (exact) mass is 472 g/mol. The van der Waals surface area contributed by atoms with Crippen LogP contribution in [0.1, 0.15) is 28.7 Å². The fraction of sp³-hybridized carbons (Fsp3) is 0.103. The molecule has 4 aromatic rings. The van der Waals surface area contributed by atoms with Gasteiger partial charge in [0.25, 0.3) is 0 Å². The average Bonchev–Trinajstić information content (AvgIpc) is 2.85. The number of rotatable bonds is 8. The normalized spacial score (nSPS) is 11.5. The van der Waals surface area contributed by atoms with Gasteiger partial charge in [-0.05, 0) is 46.5 Å². The van der Waals surface area contributed by atoms with E-state index in [0.717, 1.165) is 40.7 Å². The second-order valence-electron chi connectivity index (χ2n) is 7.86. The fourth-order valence-corrected chi connectivity index (χ4v) is 3.68. The molecule has 0 atom stereocenters. The maximum Gasteiger partial charge on any atom is 0.169 e. The van der Waals surface area contributed by atoms with Crippen LogP contribution in [0.2, 0.25) is 10.0 Å². The van der Waals surface area contributed by atoms with Crippen molar-refractivity contribution in [1.82, 2.24) is 0 Å². The molecule has 0 radical (unpaired) electrons. The molecular formula is C29H26Cl2N2+2. The van der Waals surface area contributed by atoms with E-state index in [-0.39, 0.29) is 0 Å². The van der Waals surface area contributed by atoms with Gasteiger partial charge in [-0.1, -0.05) is 71.8 Å². The highest BCUT2D eigenvalue weighted by molar-refractivity contribution is 6.30. The van der Waals surface area contributed by atoms with Crippen LogP contribution < -0.4 is 9.13 Å². The molecule has 164 valence electrons. The molecule has 0 aliphatic carbocycles. The van der Waals surface area contributed by atoms with Gasteiger partial charge in [-0.2, -0.15) is 0 Å². The van der Waals surface area contributed by atoms with Gasteiger partial charge < -0.3 is 0 Å². The van der Waals surface area contributed by atoms with Gasteiger partial charge in [0, 0.05) is 34.3 Å². The lowest BCUT2D eigenvalue weighted by molar-refractivity contribution is -0.726. The zero-order chi connectivity index (χ0) is 22.9. The molecule has 4 heteroatoms. The SMILES string of the molecule is Clc1ccc(/C=C/c2cc[n+](CCC[n+]3ccc(/C=C/c4ccc(Cl)cc4)cc3)cc2)cc1. The number of aromatic nitrogens is 2. The van der Waals surface area contributed by atoms with E-state index < -0.39 is 0 Å². The van der Waals surface area contributed by atoms with E-state index >= 15 is 0 Å². The third-order valence-electron chi connectivity index (χ3n) is 5.34. The number of hydrogen-bond donors (Lipinski definition) is 0. The largest absolute Gasteiger partial charge is 0.205 e. The lowest BCUT2D eigenvalue weighted by Gasteiger charge is -1.99. The van der Waals surface area contributed by atoms with Crippen LogP contribution in [0.25, 0.3) is 24.3 Å². The molecule has 0 aliphatic rings. The molecule has 2 aromatic heterocycles. The van der Waals surface area contributed by atoms with Crippen molar-refractivity contribution in [2.45, 2.75) is 19.5 Å². The van der Waals surface area contributed by atoms with Crippen LogP contribution in [0.4, 0.5) is 0 Å². The number of benzene rings is 2. The highest BCUT2D eigenvalue weighted by Gasteiger charge is 2.04. The minimum atomic E-state index is 0.757. The van der Waals surface area contributed by atoms with Crippen molar-refractivity contribution < 1.29 is 9.13 Å². The van der Waals surface area contributed by atoms with Gasteiger partial charge in [-0.3, -0.25) is 0 Å². The predicted molar refractivity (Wildman–Crippen MR) is 139 cm³/mol. The van der Waals surface area contributed by atoms with E-state index in [1.54, 1.807) is 0 Å². The summed E-state index contributed by atoms with van der Waals surface area (Å²) in [4.78, 5) is 0. The van der Waals surface area contributed by atoms with Gasteiger partial charge in [0.2, 0.25) is 0 Å². The molecule has 0 spiro atoms. The summed E-state index contributed by atoms with van der Waals surface area (Å²) in [6, 6.07) is 24.3. The van der Waals surface area contributed by atoms with Gasteiger partial charge in [0.15, 0.2) is 37.9 Å². The Morgan fingerprint density at radius 2 is 0.758 bits per heavy atom. The summed E-state index contributed by atoms with van der Waals surface area (Å²) in [6.45, 7) is 1.96. The third-order valence-corrected chi connectivity index (χ3v) is 5.85. The molecule has 0 amide bonds. The molecule has 0 aliphatic heterocycles. The molecule has 0 saturated carbocycles. The number of nitrogens with zero attached hydrogens (tertiary/aromatic N) is 2. The summed E-state index contributed by atoms with van der Waals surface area (Å²) in [5.74, 6) is 0. The second-order valence-corrected chi connectivity index (χ2v) is 8.73. The standard InChI is InChI=1S/C29H26Cl2N2/c30-28-10-6-24(7-11-28)2-4-26-14-20-32(21-15-26)18-1-19-33-22-16-27(17-23-33)5-3-25-8-12-29(31)13-9-25/h2-17,20-23H,1,18-19H2/q+2/b4-2+,5-3+. The Labute approximate surface area is 205 Å². The number of aryl methyl sites for hydroxylation is 2. The predicted octanol–water partition coefficient (Wildman–Crippen LogP) is 7.00. The summed E-state index contributed by atoms with van der Waals surface area (Å²) >= 11 is 11.9. The van der Waals surface area contributed by atoms with Crippen molar-refractivity contribution in [2.75, 3.05) is 0 Å². The van der Waals surface area contributed by atoms with E-state index in [1.807, 2.05) is 48.5 Å². The van der Waals surface area contributed by atoms with Crippen molar-refractivity contribution in [2.24, 2.45) is 0 Å². The highest BCUT2D eigenvalue weighted by Crippen LogP contribution is 2.13. The van der Waals surface area contributed by atoms with E-state index in [9.17, 15) is 0 Å². The Balaban J connectivity index is 1.24. The molecule has 2 nitrogen and oxygen atoms in total.